The van der Waals surface area contributed by atoms with Gasteiger partial charge in [0.2, 0.25) is 11.8 Å². The number of likely N-dealkylation sites (tertiary alicyclic amines) is 1. The molecule has 1 fully saturated rings. The molecule has 1 aliphatic heterocycles. The highest BCUT2D eigenvalue weighted by Gasteiger charge is 2.29. The number of benzene rings is 1. The normalized spacial score (nSPS) is 17.0. The Kier molecular flexibility index (Phi) is 4.46. The van der Waals surface area contributed by atoms with Gasteiger partial charge in [0, 0.05) is 25.0 Å². The van der Waals surface area contributed by atoms with Crippen molar-refractivity contribution >= 4 is 29.1 Å². The van der Waals surface area contributed by atoms with Gasteiger partial charge in [-0.2, -0.15) is 0 Å². The molecule has 1 unspecified atom stereocenters. The van der Waals surface area contributed by atoms with Crippen molar-refractivity contribution in [3.8, 4) is 0 Å². The number of nitrogens with zero attached hydrogens (tertiary/aromatic N) is 1. The van der Waals surface area contributed by atoms with Crippen molar-refractivity contribution in [2.45, 2.75) is 13.0 Å². The van der Waals surface area contributed by atoms with E-state index in [1.165, 1.54) is 6.08 Å². The van der Waals surface area contributed by atoms with Crippen molar-refractivity contribution in [3.05, 3.63) is 48.2 Å². The van der Waals surface area contributed by atoms with Crippen molar-refractivity contribution in [1.29, 1.82) is 0 Å². The molecule has 0 spiro atoms. The fourth-order valence-corrected chi connectivity index (χ4v) is 2.90. The lowest BCUT2D eigenvalue weighted by Gasteiger charge is -2.14. The average Bonchev–Trinajstić information content (AvgIpc) is 3.25. The predicted molar refractivity (Wildman–Crippen MR) is 88.3 cm³/mol. The van der Waals surface area contributed by atoms with Gasteiger partial charge in [0.15, 0.2) is 12.0 Å². The molecule has 1 N–H and O–H groups in total. The molecule has 2 aromatic rings. The highest BCUT2D eigenvalue weighted by atomic mass is 16.3. The first-order valence-corrected chi connectivity index (χ1v) is 7.77. The summed E-state index contributed by atoms with van der Waals surface area (Å²) in [5, 5.41) is 3.74. The van der Waals surface area contributed by atoms with Crippen LogP contribution in [0.15, 0.2) is 41.3 Å². The Morgan fingerprint density at radius 2 is 2.21 bits per heavy atom. The minimum absolute atomic E-state index is 0.0671. The number of carbonyl (C=O) groups excluding carboxylic acids is 3. The van der Waals surface area contributed by atoms with Gasteiger partial charge in [0.1, 0.15) is 5.58 Å². The van der Waals surface area contributed by atoms with Gasteiger partial charge in [-0.3, -0.25) is 14.4 Å². The number of nitrogens with one attached hydrogen (secondary N) is 1. The predicted octanol–water partition coefficient (Wildman–Crippen LogP) is 1.90. The van der Waals surface area contributed by atoms with Gasteiger partial charge in [0.05, 0.1) is 5.92 Å². The third-order valence-electron chi connectivity index (χ3n) is 4.23. The number of furan rings is 1. The van der Waals surface area contributed by atoms with E-state index in [0.29, 0.717) is 37.9 Å². The molecule has 0 bridgehead atoms. The summed E-state index contributed by atoms with van der Waals surface area (Å²) in [5.41, 5.74) is 1.51. The summed E-state index contributed by atoms with van der Waals surface area (Å²) < 4.78 is 5.38. The zero-order chi connectivity index (χ0) is 17.1. The Hall–Kier alpha value is -2.89. The second kappa shape index (κ2) is 6.70. The van der Waals surface area contributed by atoms with Crippen LogP contribution in [0.4, 0.5) is 0 Å². The lowest BCUT2D eigenvalue weighted by molar-refractivity contribution is -0.126. The van der Waals surface area contributed by atoms with Gasteiger partial charge in [-0.05, 0) is 30.2 Å². The number of fused-ring (bicyclic) bond motifs is 1. The van der Waals surface area contributed by atoms with Crippen LogP contribution in [-0.2, 0) is 16.1 Å². The summed E-state index contributed by atoms with van der Waals surface area (Å²) in [5.74, 6) is -0.117. The molecular formula is C18H18N2O4. The van der Waals surface area contributed by atoms with Gasteiger partial charge < -0.3 is 14.6 Å². The lowest BCUT2D eigenvalue weighted by atomic mass is 10.1. The van der Waals surface area contributed by atoms with E-state index < -0.39 is 0 Å². The van der Waals surface area contributed by atoms with Crippen LogP contribution in [-0.4, -0.2) is 36.1 Å². The summed E-state index contributed by atoms with van der Waals surface area (Å²) in [7, 11) is 0. The van der Waals surface area contributed by atoms with E-state index in [9.17, 15) is 14.4 Å². The Bertz CT molecular complexity index is 808. The first-order valence-electron chi connectivity index (χ1n) is 7.77. The number of hydrogen-bond acceptors (Lipinski definition) is 4. The van der Waals surface area contributed by atoms with E-state index in [-0.39, 0.29) is 23.5 Å². The Morgan fingerprint density at radius 3 is 2.96 bits per heavy atom. The van der Waals surface area contributed by atoms with E-state index in [0.717, 1.165) is 10.9 Å². The summed E-state index contributed by atoms with van der Waals surface area (Å²) in [6.45, 7) is 4.84. The van der Waals surface area contributed by atoms with Crippen molar-refractivity contribution in [2.24, 2.45) is 5.92 Å². The Labute approximate surface area is 139 Å². The van der Waals surface area contributed by atoms with Crippen LogP contribution >= 0.6 is 0 Å². The zero-order valence-electron chi connectivity index (χ0n) is 13.2. The number of amides is 2. The van der Waals surface area contributed by atoms with Crippen LogP contribution in [0.5, 0.6) is 0 Å². The van der Waals surface area contributed by atoms with Crippen LogP contribution in [0, 0.1) is 5.92 Å². The maximum absolute atomic E-state index is 12.2. The Morgan fingerprint density at radius 1 is 1.38 bits per heavy atom. The molecule has 1 atom stereocenters. The van der Waals surface area contributed by atoms with Gasteiger partial charge in [-0.1, -0.05) is 18.7 Å². The quantitative estimate of drug-likeness (QED) is 0.672. The highest BCUT2D eigenvalue weighted by Crippen LogP contribution is 2.20. The first kappa shape index (κ1) is 16.0. The van der Waals surface area contributed by atoms with Gasteiger partial charge in [-0.25, -0.2) is 0 Å². The minimum atomic E-state index is -0.192. The largest absolute Gasteiger partial charge is 0.453 e. The molecule has 6 nitrogen and oxygen atoms in total. The summed E-state index contributed by atoms with van der Waals surface area (Å²) in [4.78, 5) is 36.2. The van der Waals surface area contributed by atoms with Gasteiger partial charge in [-0.15, -0.1) is 0 Å². The minimum Gasteiger partial charge on any atom is -0.453 e. The van der Waals surface area contributed by atoms with Gasteiger partial charge in [0.25, 0.3) is 0 Å². The second-order valence-electron chi connectivity index (χ2n) is 5.83. The molecule has 1 aromatic carbocycles. The van der Waals surface area contributed by atoms with Crippen molar-refractivity contribution < 1.29 is 18.8 Å². The summed E-state index contributed by atoms with van der Waals surface area (Å²) in [6.07, 6.45) is 2.59. The fourth-order valence-electron chi connectivity index (χ4n) is 2.90. The maximum atomic E-state index is 12.2. The standard InChI is InChI=1S/C18H18N2O4/c1-2-17(22)20-6-5-14(10-20)18(23)19-9-12-3-4-13-8-15(11-21)24-16(13)7-12/h2-4,7-8,11,14H,1,5-6,9-10H2,(H,19,23). The number of hydrogen-bond donors (Lipinski definition) is 1. The third-order valence-corrected chi connectivity index (χ3v) is 4.23. The molecule has 1 aliphatic rings. The van der Waals surface area contributed by atoms with Crippen LogP contribution in [0.1, 0.15) is 22.5 Å². The molecule has 1 aromatic heterocycles. The SMILES string of the molecule is C=CC(=O)N1CCC(C(=O)NCc2ccc3cc(C=O)oc3c2)C1. The van der Waals surface area contributed by atoms with E-state index in [1.54, 1.807) is 11.0 Å². The molecule has 0 radical (unpaired) electrons. The fraction of sp³-hybridized carbons (Fsp3) is 0.278. The van der Waals surface area contributed by atoms with E-state index in [1.807, 2.05) is 18.2 Å². The molecule has 2 amide bonds. The molecule has 6 heteroatoms. The number of carbonyl (C=O) groups is 3. The van der Waals surface area contributed by atoms with Gasteiger partial charge >= 0.3 is 0 Å². The first-order chi connectivity index (χ1) is 11.6. The second-order valence-corrected chi connectivity index (χ2v) is 5.83. The smallest absolute Gasteiger partial charge is 0.245 e. The number of rotatable bonds is 5. The van der Waals surface area contributed by atoms with Crippen LogP contribution in [0.25, 0.3) is 11.0 Å². The van der Waals surface area contributed by atoms with Crippen LogP contribution in [0.2, 0.25) is 0 Å². The molecule has 3 rings (SSSR count). The maximum Gasteiger partial charge on any atom is 0.245 e. The summed E-state index contributed by atoms with van der Waals surface area (Å²) >= 11 is 0. The Balaban J connectivity index is 1.59. The molecule has 0 aliphatic carbocycles. The molecule has 1 saturated heterocycles. The monoisotopic (exact) mass is 326 g/mol. The van der Waals surface area contributed by atoms with Crippen LogP contribution < -0.4 is 5.32 Å². The molecule has 24 heavy (non-hydrogen) atoms. The average molecular weight is 326 g/mol. The topological polar surface area (TPSA) is 79.6 Å². The molecular weight excluding hydrogens is 308 g/mol. The van der Waals surface area contributed by atoms with E-state index in [4.69, 9.17) is 4.42 Å². The van der Waals surface area contributed by atoms with Crippen LogP contribution in [0.3, 0.4) is 0 Å². The molecule has 2 heterocycles. The van der Waals surface area contributed by atoms with E-state index >= 15 is 0 Å². The summed E-state index contributed by atoms with van der Waals surface area (Å²) in [6, 6.07) is 7.22. The zero-order valence-corrected chi connectivity index (χ0v) is 13.2. The van der Waals surface area contributed by atoms with Crippen molar-refractivity contribution in [3.63, 3.8) is 0 Å². The van der Waals surface area contributed by atoms with Crippen molar-refractivity contribution in [2.75, 3.05) is 13.1 Å². The lowest BCUT2D eigenvalue weighted by Crippen LogP contribution is -2.33. The van der Waals surface area contributed by atoms with Crippen molar-refractivity contribution in [1.82, 2.24) is 10.2 Å². The van der Waals surface area contributed by atoms with E-state index in [2.05, 4.69) is 11.9 Å². The molecule has 124 valence electrons. The highest BCUT2D eigenvalue weighted by molar-refractivity contribution is 5.88. The third kappa shape index (κ3) is 3.22. The number of aldehydes is 1. The molecule has 0 saturated carbocycles.